The highest BCUT2D eigenvalue weighted by Crippen LogP contribution is 1.93. The molecule has 13 heavy (non-hydrogen) atoms. The molecule has 0 N–H and O–H groups in total. The monoisotopic (exact) mass is 188 g/mol. The molecule has 0 saturated heterocycles. The summed E-state index contributed by atoms with van der Waals surface area (Å²) in [4.78, 5) is 18.7. The highest BCUT2D eigenvalue weighted by molar-refractivity contribution is 4.74. The lowest BCUT2D eigenvalue weighted by atomic mass is 10.6. The molecule has 10 nitrogen and oxygen atoms in total. The summed E-state index contributed by atoms with van der Waals surface area (Å²) in [5.41, 5.74) is 0. The molecule has 0 saturated carbocycles. The maximum Gasteiger partial charge on any atom is 0.299 e. The van der Waals surface area contributed by atoms with Crippen LogP contribution in [0.4, 0.5) is 0 Å². The van der Waals surface area contributed by atoms with Crippen molar-refractivity contribution in [1.82, 2.24) is 20.2 Å². The van der Waals surface area contributed by atoms with Gasteiger partial charge in [0.25, 0.3) is 13.2 Å². The molecule has 0 unspecified atom stereocenters. The summed E-state index contributed by atoms with van der Waals surface area (Å²) in [5, 5.41) is 29.6. The van der Waals surface area contributed by atoms with Crippen LogP contribution in [0.1, 0.15) is 5.82 Å². The number of hydrogen-bond donors (Lipinski definition) is 0. The van der Waals surface area contributed by atoms with Crippen molar-refractivity contribution in [2.45, 2.75) is 13.2 Å². The van der Waals surface area contributed by atoms with Crippen molar-refractivity contribution < 1.29 is 9.85 Å². The smallest absolute Gasteiger partial charge is 0.264 e. The minimum Gasteiger partial charge on any atom is -0.264 e. The molecule has 0 atom stereocenters. The fourth-order valence-corrected chi connectivity index (χ4v) is 0.671. The minimum absolute atomic E-state index is 0.137. The molecule has 0 aliphatic carbocycles. The van der Waals surface area contributed by atoms with E-state index in [2.05, 4.69) is 15.5 Å². The average Bonchev–Trinajstić information content (AvgIpc) is 2.34. The van der Waals surface area contributed by atoms with Crippen LogP contribution in [0.2, 0.25) is 0 Å². The van der Waals surface area contributed by atoms with E-state index in [1.807, 2.05) is 0 Å². The number of tetrazole rings is 1. The van der Waals surface area contributed by atoms with Crippen molar-refractivity contribution in [3.05, 3.63) is 26.1 Å². The van der Waals surface area contributed by atoms with Gasteiger partial charge in [0.2, 0.25) is 5.82 Å². The topological polar surface area (TPSA) is 130 Å². The van der Waals surface area contributed by atoms with Crippen LogP contribution in [-0.4, -0.2) is 30.1 Å². The van der Waals surface area contributed by atoms with E-state index in [0.29, 0.717) is 0 Å². The second-order valence-corrected chi connectivity index (χ2v) is 2.06. The van der Waals surface area contributed by atoms with Gasteiger partial charge in [-0.05, 0) is 10.4 Å². The van der Waals surface area contributed by atoms with Crippen LogP contribution in [0.3, 0.4) is 0 Å². The van der Waals surface area contributed by atoms with E-state index >= 15 is 0 Å². The first-order valence-corrected chi connectivity index (χ1v) is 3.08. The Morgan fingerprint density at radius 2 is 2.00 bits per heavy atom. The SMILES string of the molecule is O=[N+]([O-])Cc1nnnn1C[N+](=O)[O-]. The van der Waals surface area contributed by atoms with Crippen LogP contribution >= 0.6 is 0 Å². The van der Waals surface area contributed by atoms with Crippen molar-refractivity contribution in [2.24, 2.45) is 0 Å². The number of nitro groups is 2. The molecule has 0 aliphatic heterocycles. The summed E-state index contributed by atoms with van der Waals surface area (Å²) in [6.07, 6.45) is 0. The third kappa shape index (κ3) is 2.43. The first-order chi connectivity index (χ1) is 6.09. The molecule has 0 bridgehead atoms. The van der Waals surface area contributed by atoms with Crippen LogP contribution < -0.4 is 0 Å². The quantitative estimate of drug-likeness (QED) is 0.423. The lowest BCUT2D eigenvalue weighted by Crippen LogP contribution is -2.15. The second-order valence-electron chi connectivity index (χ2n) is 2.06. The molecular formula is C3H4N6O4. The summed E-state index contributed by atoms with van der Waals surface area (Å²) in [6.45, 7) is -1.29. The Balaban J connectivity index is 2.76. The number of hydrogen-bond acceptors (Lipinski definition) is 7. The van der Waals surface area contributed by atoms with Gasteiger partial charge >= 0.3 is 0 Å². The fraction of sp³-hybridized carbons (Fsp3) is 0.667. The van der Waals surface area contributed by atoms with Gasteiger partial charge in [0.05, 0.1) is 0 Å². The molecule has 10 heteroatoms. The molecule has 1 rings (SSSR count). The van der Waals surface area contributed by atoms with Crippen LogP contribution in [0.5, 0.6) is 0 Å². The second kappa shape index (κ2) is 3.51. The van der Waals surface area contributed by atoms with Gasteiger partial charge in [-0.15, -0.1) is 5.10 Å². The summed E-state index contributed by atoms with van der Waals surface area (Å²) in [6, 6.07) is 0. The minimum atomic E-state index is -0.681. The van der Waals surface area contributed by atoms with Gasteiger partial charge in [-0.1, -0.05) is 0 Å². The normalized spacial score (nSPS) is 9.85. The first kappa shape index (κ1) is 8.96. The van der Waals surface area contributed by atoms with E-state index in [1.54, 1.807) is 0 Å². The van der Waals surface area contributed by atoms with Gasteiger partial charge in [-0.2, -0.15) is 4.68 Å². The van der Waals surface area contributed by atoms with Gasteiger partial charge in [0, 0.05) is 9.85 Å². The van der Waals surface area contributed by atoms with Gasteiger partial charge < -0.3 is 0 Å². The van der Waals surface area contributed by atoms with E-state index in [4.69, 9.17) is 0 Å². The highest BCUT2D eigenvalue weighted by atomic mass is 16.6. The van der Waals surface area contributed by atoms with Crippen LogP contribution in [0, 0.1) is 20.2 Å². The average molecular weight is 188 g/mol. The molecule has 0 fully saturated rings. The summed E-state index contributed by atoms with van der Waals surface area (Å²) in [7, 11) is 0. The number of nitrogens with zero attached hydrogens (tertiary/aromatic N) is 6. The number of rotatable bonds is 4. The maximum atomic E-state index is 10.0. The molecule has 0 spiro atoms. The van der Waals surface area contributed by atoms with Crippen molar-refractivity contribution in [3.8, 4) is 0 Å². The van der Waals surface area contributed by atoms with Crippen molar-refractivity contribution in [1.29, 1.82) is 0 Å². The maximum absolute atomic E-state index is 10.0. The molecule has 70 valence electrons. The molecule has 0 amide bonds. The molecule has 0 aliphatic rings. The third-order valence-corrected chi connectivity index (χ3v) is 1.13. The van der Waals surface area contributed by atoms with Crippen molar-refractivity contribution in [3.63, 3.8) is 0 Å². The standard InChI is InChI=1S/C3H4N6O4/c10-8(11)1-3-4-5-6-7(3)2-9(12)13/h1-2H2. The third-order valence-electron chi connectivity index (χ3n) is 1.13. The van der Waals surface area contributed by atoms with Gasteiger partial charge in [-0.25, -0.2) is 0 Å². The Morgan fingerprint density at radius 1 is 1.31 bits per heavy atom. The molecule has 1 heterocycles. The van der Waals surface area contributed by atoms with E-state index in [0.717, 1.165) is 4.68 Å². The lowest BCUT2D eigenvalue weighted by Gasteiger charge is -1.93. The molecule has 0 aromatic carbocycles. The van der Waals surface area contributed by atoms with Gasteiger partial charge in [0.15, 0.2) is 0 Å². The van der Waals surface area contributed by atoms with Crippen molar-refractivity contribution in [2.75, 3.05) is 0 Å². The molecule has 0 radical (unpaired) electrons. The summed E-state index contributed by atoms with van der Waals surface area (Å²) in [5.74, 6) is -0.137. The highest BCUT2D eigenvalue weighted by Gasteiger charge is 2.14. The fourth-order valence-electron chi connectivity index (χ4n) is 0.671. The Bertz CT molecular complexity index is 302. The Hall–Kier alpha value is -2.13. The summed E-state index contributed by atoms with van der Waals surface area (Å²) < 4.78 is 0.767. The van der Waals surface area contributed by atoms with Crippen LogP contribution in [0.25, 0.3) is 0 Å². The predicted molar refractivity (Wildman–Crippen MR) is 35.5 cm³/mol. The van der Waals surface area contributed by atoms with Crippen LogP contribution in [-0.2, 0) is 13.2 Å². The summed E-state index contributed by atoms with van der Waals surface area (Å²) >= 11 is 0. The number of aromatic nitrogens is 4. The first-order valence-electron chi connectivity index (χ1n) is 3.08. The van der Waals surface area contributed by atoms with E-state index in [9.17, 15) is 20.2 Å². The zero-order valence-corrected chi connectivity index (χ0v) is 6.23. The van der Waals surface area contributed by atoms with E-state index in [-0.39, 0.29) is 5.82 Å². The predicted octanol–water partition coefficient (Wildman–Crippen LogP) is -1.32. The molecule has 1 aromatic heterocycles. The Morgan fingerprint density at radius 3 is 2.54 bits per heavy atom. The largest absolute Gasteiger partial charge is 0.299 e. The zero-order chi connectivity index (χ0) is 9.84. The van der Waals surface area contributed by atoms with Crippen LogP contribution in [0.15, 0.2) is 0 Å². The van der Waals surface area contributed by atoms with Crippen molar-refractivity contribution >= 4 is 0 Å². The van der Waals surface area contributed by atoms with E-state index in [1.165, 1.54) is 0 Å². The van der Waals surface area contributed by atoms with E-state index < -0.39 is 23.1 Å². The lowest BCUT2D eigenvalue weighted by molar-refractivity contribution is -0.520. The Kier molecular flexibility index (Phi) is 2.42. The Labute approximate surface area is 70.5 Å². The molecular weight excluding hydrogens is 184 g/mol. The van der Waals surface area contributed by atoms with Gasteiger partial charge in [-0.3, -0.25) is 20.2 Å². The van der Waals surface area contributed by atoms with Gasteiger partial charge in [0.1, 0.15) is 0 Å². The molecule has 1 aromatic rings. The zero-order valence-electron chi connectivity index (χ0n) is 6.23.